The minimum absolute atomic E-state index is 0.357. The van der Waals surface area contributed by atoms with Gasteiger partial charge in [0.25, 0.3) is 0 Å². The zero-order chi connectivity index (χ0) is 15.1. The van der Waals surface area contributed by atoms with Crippen molar-refractivity contribution in [1.29, 1.82) is 5.26 Å². The Hall–Kier alpha value is -2.42. The molecule has 1 aromatic carbocycles. The van der Waals surface area contributed by atoms with Crippen LogP contribution in [0.4, 0.5) is 5.69 Å². The lowest BCUT2D eigenvalue weighted by Crippen LogP contribution is -2.21. The summed E-state index contributed by atoms with van der Waals surface area (Å²) in [6.45, 7) is 1.78. The number of anilines is 1. The molecule has 0 bridgehead atoms. The van der Waals surface area contributed by atoms with Crippen molar-refractivity contribution >= 4 is 11.6 Å². The molecule has 108 valence electrons. The molecule has 0 fully saturated rings. The van der Waals surface area contributed by atoms with Crippen LogP contribution >= 0.6 is 0 Å². The highest BCUT2D eigenvalue weighted by Gasteiger charge is 2.18. The molecular weight excluding hydrogens is 260 g/mol. The van der Waals surface area contributed by atoms with Gasteiger partial charge in [0.05, 0.1) is 27.4 Å². The van der Waals surface area contributed by atoms with Gasteiger partial charge in [-0.2, -0.15) is 5.26 Å². The third kappa shape index (κ3) is 3.32. The van der Waals surface area contributed by atoms with Crippen molar-refractivity contribution in [3.63, 3.8) is 0 Å². The Morgan fingerprint density at radius 3 is 2.15 bits per heavy atom. The molecule has 6 nitrogen and oxygen atoms in total. The van der Waals surface area contributed by atoms with E-state index in [1.165, 1.54) is 21.3 Å². The van der Waals surface area contributed by atoms with Crippen molar-refractivity contribution in [2.75, 3.05) is 26.6 Å². The molecule has 20 heavy (non-hydrogen) atoms. The third-order valence-corrected chi connectivity index (χ3v) is 2.81. The van der Waals surface area contributed by atoms with Crippen molar-refractivity contribution in [3.8, 4) is 23.3 Å². The second-order valence-corrected chi connectivity index (χ2v) is 3.99. The van der Waals surface area contributed by atoms with Gasteiger partial charge in [0, 0.05) is 17.8 Å². The first-order valence-electron chi connectivity index (χ1n) is 6.11. The largest absolute Gasteiger partial charge is 0.493 e. The molecular formula is C14H18N2O4. The van der Waals surface area contributed by atoms with Crippen molar-refractivity contribution < 1.29 is 19.0 Å². The van der Waals surface area contributed by atoms with Crippen LogP contribution in [0.1, 0.15) is 13.3 Å². The summed E-state index contributed by atoms with van der Waals surface area (Å²) in [6, 6.07) is 5.18. The smallest absolute Gasteiger partial charge is 0.241 e. The number of rotatable bonds is 6. The van der Waals surface area contributed by atoms with Crippen molar-refractivity contribution in [3.05, 3.63) is 12.1 Å². The van der Waals surface area contributed by atoms with Gasteiger partial charge >= 0.3 is 0 Å². The molecule has 0 aliphatic carbocycles. The van der Waals surface area contributed by atoms with Gasteiger partial charge in [-0.15, -0.1) is 0 Å². The third-order valence-electron chi connectivity index (χ3n) is 2.81. The predicted octanol–water partition coefficient (Wildman–Crippen LogP) is 2.20. The SMILES string of the molecule is CCC(C#N)C(=O)Nc1cc(OC)c(OC)c(OC)c1. The molecule has 6 heteroatoms. The summed E-state index contributed by atoms with van der Waals surface area (Å²) < 4.78 is 15.6. The zero-order valence-corrected chi connectivity index (χ0v) is 12.0. The summed E-state index contributed by atoms with van der Waals surface area (Å²) in [6.07, 6.45) is 0.451. The van der Waals surface area contributed by atoms with E-state index in [1.807, 2.05) is 6.07 Å². The Morgan fingerprint density at radius 2 is 1.80 bits per heavy atom. The maximum atomic E-state index is 11.9. The van der Waals surface area contributed by atoms with E-state index in [0.717, 1.165) is 0 Å². The van der Waals surface area contributed by atoms with Crippen molar-refractivity contribution in [2.45, 2.75) is 13.3 Å². The molecule has 0 spiro atoms. The standard InChI is InChI=1S/C14H18N2O4/c1-5-9(8-15)14(17)16-10-6-11(18-2)13(20-4)12(7-10)19-3/h6-7,9H,5H2,1-4H3,(H,16,17). The first kappa shape index (κ1) is 15.6. The number of hydrogen-bond donors (Lipinski definition) is 1. The molecule has 1 amide bonds. The molecule has 1 aromatic rings. The number of hydrogen-bond acceptors (Lipinski definition) is 5. The number of nitriles is 1. The highest BCUT2D eigenvalue weighted by molar-refractivity contribution is 5.94. The minimum Gasteiger partial charge on any atom is -0.493 e. The molecule has 1 unspecified atom stereocenters. The van der Waals surface area contributed by atoms with Crippen LogP contribution in [-0.2, 0) is 4.79 Å². The van der Waals surface area contributed by atoms with E-state index in [9.17, 15) is 4.79 Å². The average Bonchev–Trinajstić information content (AvgIpc) is 2.47. The first-order chi connectivity index (χ1) is 9.60. The van der Waals surface area contributed by atoms with E-state index in [2.05, 4.69) is 5.32 Å². The Morgan fingerprint density at radius 1 is 1.25 bits per heavy atom. The second-order valence-electron chi connectivity index (χ2n) is 3.99. The van der Waals surface area contributed by atoms with Crippen LogP contribution in [0, 0.1) is 17.2 Å². The average molecular weight is 278 g/mol. The second kappa shape index (κ2) is 7.24. The Kier molecular flexibility index (Phi) is 5.66. The van der Waals surface area contributed by atoms with Gasteiger partial charge in [-0.25, -0.2) is 0 Å². The maximum Gasteiger partial charge on any atom is 0.241 e. The van der Waals surface area contributed by atoms with E-state index < -0.39 is 5.92 Å². The van der Waals surface area contributed by atoms with Crippen molar-refractivity contribution in [2.24, 2.45) is 5.92 Å². The van der Waals surface area contributed by atoms with Gasteiger partial charge in [-0.1, -0.05) is 6.92 Å². The molecule has 0 heterocycles. The highest BCUT2D eigenvalue weighted by atomic mass is 16.5. The summed E-state index contributed by atoms with van der Waals surface area (Å²) >= 11 is 0. The maximum absolute atomic E-state index is 11.9. The molecule has 1 rings (SSSR count). The number of carbonyl (C=O) groups is 1. The summed E-state index contributed by atoms with van der Waals surface area (Å²) in [4.78, 5) is 11.9. The van der Waals surface area contributed by atoms with Crippen LogP contribution in [0.3, 0.4) is 0 Å². The lowest BCUT2D eigenvalue weighted by Gasteiger charge is -2.15. The summed E-state index contributed by atoms with van der Waals surface area (Å²) in [5.74, 6) is 0.276. The number of methoxy groups -OCH3 is 3. The Labute approximate surface area is 118 Å². The van der Waals surface area contributed by atoms with Crippen LogP contribution in [-0.4, -0.2) is 27.2 Å². The number of carbonyl (C=O) groups excluding carboxylic acids is 1. The van der Waals surface area contributed by atoms with E-state index in [0.29, 0.717) is 29.4 Å². The number of amides is 1. The first-order valence-corrected chi connectivity index (χ1v) is 6.11. The van der Waals surface area contributed by atoms with Gasteiger partial charge in [0.1, 0.15) is 5.92 Å². The molecule has 0 radical (unpaired) electrons. The Bertz CT molecular complexity index is 497. The van der Waals surface area contributed by atoms with Crippen LogP contribution in [0.5, 0.6) is 17.2 Å². The predicted molar refractivity (Wildman–Crippen MR) is 74.1 cm³/mol. The van der Waals surface area contributed by atoms with E-state index in [1.54, 1.807) is 19.1 Å². The lowest BCUT2D eigenvalue weighted by molar-refractivity contribution is -0.118. The summed E-state index contributed by atoms with van der Waals surface area (Å²) in [5, 5.41) is 11.5. The number of benzene rings is 1. The van der Waals surface area contributed by atoms with Crippen LogP contribution < -0.4 is 19.5 Å². The van der Waals surface area contributed by atoms with Gasteiger partial charge in [-0.3, -0.25) is 4.79 Å². The van der Waals surface area contributed by atoms with Crippen molar-refractivity contribution in [1.82, 2.24) is 0 Å². The topological polar surface area (TPSA) is 80.6 Å². The van der Waals surface area contributed by atoms with Gasteiger partial charge in [0.15, 0.2) is 11.5 Å². The molecule has 1 N–H and O–H groups in total. The number of nitrogens with zero attached hydrogens (tertiary/aromatic N) is 1. The van der Waals surface area contributed by atoms with Gasteiger partial charge in [0.2, 0.25) is 11.7 Å². The Balaban J connectivity index is 3.08. The molecule has 0 aliphatic heterocycles. The molecule has 0 saturated heterocycles. The number of nitrogens with one attached hydrogen (secondary N) is 1. The summed E-state index contributed by atoms with van der Waals surface area (Å²) in [5.41, 5.74) is 0.484. The summed E-state index contributed by atoms with van der Waals surface area (Å²) in [7, 11) is 4.49. The van der Waals surface area contributed by atoms with Crippen LogP contribution in [0.15, 0.2) is 12.1 Å². The lowest BCUT2D eigenvalue weighted by atomic mass is 10.1. The quantitative estimate of drug-likeness (QED) is 0.862. The van der Waals surface area contributed by atoms with Crippen LogP contribution in [0.2, 0.25) is 0 Å². The van der Waals surface area contributed by atoms with Gasteiger partial charge < -0.3 is 19.5 Å². The van der Waals surface area contributed by atoms with E-state index >= 15 is 0 Å². The molecule has 1 atom stereocenters. The van der Waals surface area contributed by atoms with Gasteiger partial charge in [-0.05, 0) is 6.42 Å². The molecule has 0 aliphatic rings. The highest BCUT2D eigenvalue weighted by Crippen LogP contribution is 2.39. The van der Waals surface area contributed by atoms with E-state index in [-0.39, 0.29) is 5.91 Å². The molecule has 0 saturated carbocycles. The normalized spacial score (nSPS) is 11.2. The fourth-order valence-electron chi connectivity index (χ4n) is 1.72. The molecule has 0 aromatic heterocycles. The zero-order valence-electron chi connectivity index (χ0n) is 12.0. The minimum atomic E-state index is -0.686. The van der Waals surface area contributed by atoms with Crippen LogP contribution in [0.25, 0.3) is 0 Å². The fraction of sp³-hybridized carbons (Fsp3) is 0.429. The monoisotopic (exact) mass is 278 g/mol. The van der Waals surface area contributed by atoms with E-state index in [4.69, 9.17) is 19.5 Å². The fourth-order valence-corrected chi connectivity index (χ4v) is 1.72. The number of ether oxygens (including phenoxy) is 3.